The SMILES string of the molecule is O=C1ONN(c2c(Cl)cc(Cl)c(Cl)c2Cl)OC1=O. The first-order valence-corrected chi connectivity index (χ1v) is 5.75. The lowest BCUT2D eigenvalue weighted by molar-refractivity contribution is -0.192. The van der Waals surface area contributed by atoms with Crippen LogP contribution in [0.25, 0.3) is 0 Å². The Morgan fingerprint density at radius 3 is 2.28 bits per heavy atom. The Balaban J connectivity index is 2.43. The van der Waals surface area contributed by atoms with E-state index >= 15 is 0 Å². The number of carbonyl (C=O) groups is 2. The Morgan fingerprint density at radius 1 is 1.00 bits per heavy atom. The van der Waals surface area contributed by atoms with Gasteiger partial charge in [0.1, 0.15) is 5.69 Å². The maximum atomic E-state index is 11.0. The van der Waals surface area contributed by atoms with Crippen LogP contribution in [0.5, 0.6) is 0 Å². The van der Waals surface area contributed by atoms with Gasteiger partial charge in [0.25, 0.3) is 0 Å². The third kappa shape index (κ3) is 2.30. The highest BCUT2D eigenvalue weighted by Crippen LogP contribution is 2.42. The van der Waals surface area contributed by atoms with Crippen molar-refractivity contribution in [3.05, 3.63) is 26.2 Å². The van der Waals surface area contributed by atoms with Gasteiger partial charge in [-0.05, 0) is 11.7 Å². The molecule has 0 radical (unpaired) electrons. The van der Waals surface area contributed by atoms with Crippen molar-refractivity contribution in [3.8, 4) is 0 Å². The molecule has 2 rings (SSSR count). The van der Waals surface area contributed by atoms with Crippen molar-refractivity contribution < 1.29 is 19.3 Å². The van der Waals surface area contributed by atoms with E-state index in [2.05, 4.69) is 9.68 Å². The van der Waals surface area contributed by atoms with E-state index in [9.17, 15) is 9.59 Å². The molecule has 1 saturated heterocycles. The van der Waals surface area contributed by atoms with Crippen LogP contribution in [0.1, 0.15) is 0 Å². The van der Waals surface area contributed by atoms with Crippen LogP contribution >= 0.6 is 46.4 Å². The monoisotopic (exact) mass is 330 g/mol. The summed E-state index contributed by atoms with van der Waals surface area (Å²) in [7, 11) is 0. The average molecular weight is 332 g/mol. The van der Waals surface area contributed by atoms with Gasteiger partial charge in [0, 0.05) is 0 Å². The standard InChI is InChI=1S/C8H2Cl4N2O4/c9-2-1-3(10)6(5(12)4(2)11)14-13-17-7(15)8(16)18-14/h1,13H. The van der Waals surface area contributed by atoms with Gasteiger partial charge in [0.2, 0.25) is 0 Å². The normalized spacial score (nSPS) is 15.4. The summed E-state index contributed by atoms with van der Waals surface area (Å²) >= 11 is 23.4. The molecule has 1 aliphatic rings. The zero-order valence-electron chi connectivity index (χ0n) is 8.17. The molecule has 0 atom stereocenters. The fraction of sp³-hybridized carbons (Fsp3) is 0. The molecule has 1 aromatic carbocycles. The Hall–Kier alpha value is -0.920. The number of nitrogens with zero attached hydrogens (tertiary/aromatic N) is 1. The molecule has 0 aromatic heterocycles. The van der Waals surface area contributed by atoms with E-state index in [1.54, 1.807) is 0 Å². The van der Waals surface area contributed by atoms with Crippen molar-refractivity contribution in [2.24, 2.45) is 0 Å². The van der Waals surface area contributed by atoms with Gasteiger partial charge in [-0.15, -0.1) is 0 Å². The first kappa shape index (κ1) is 13.5. The molecular weight excluding hydrogens is 330 g/mol. The number of hydrogen-bond donors (Lipinski definition) is 1. The van der Waals surface area contributed by atoms with E-state index in [0.717, 1.165) is 0 Å². The number of halogens is 4. The lowest BCUT2D eigenvalue weighted by Gasteiger charge is -2.26. The summed E-state index contributed by atoms with van der Waals surface area (Å²) in [5.41, 5.74) is 1.99. The minimum Gasteiger partial charge on any atom is -0.338 e. The molecule has 1 aliphatic heterocycles. The minimum atomic E-state index is -1.24. The van der Waals surface area contributed by atoms with Crippen LogP contribution in [0.2, 0.25) is 20.1 Å². The van der Waals surface area contributed by atoms with Crippen LogP contribution in [-0.4, -0.2) is 11.9 Å². The van der Waals surface area contributed by atoms with Crippen LogP contribution in [-0.2, 0) is 19.3 Å². The second kappa shape index (κ2) is 4.99. The van der Waals surface area contributed by atoms with Crippen LogP contribution in [0.15, 0.2) is 6.07 Å². The molecule has 18 heavy (non-hydrogen) atoms. The molecule has 0 bridgehead atoms. The summed E-state index contributed by atoms with van der Waals surface area (Å²) in [6.45, 7) is 0. The molecule has 1 fully saturated rings. The van der Waals surface area contributed by atoms with Gasteiger partial charge in [-0.3, -0.25) is 0 Å². The third-order valence-electron chi connectivity index (χ3n) is 1.86. The summed E-state index contributed by atoms with van der Waals surface area (Å²) < 4.78 is 0. The zero-order valence-corrected chi connectivity index (χ0v) is 11.2. The molecule has 0 amide bonds. The number of hydrazine groups is 1. The maximum absolute atomic E-state index is 11.0. The van der Waals surface area contributed by atoms with E-state index in [1.807, 2.05) is 5.59 Å². The molecule has 10 heteroatoms. The maximum Gasteiger partial charge on any atom is 0.444 e. The molecule has 1 N–H and O–H groups in total. The molecule has 96 valence electrons. The van der Waals surface area contributed by atoms with Gasteiger partial charge in [0.15, 0.2) is 0 Å². The number of rotatable bonds is 1. The summed E-state index contributed by atoms with van der Waals surface area (Å²) in [6.07, 6.45) is 0. The van der Waals surface area contributed by atoms with E-state index in [-0.39, 0.29) is 25.8 Å². The lowest BCUT2D eigenvalue weighted by Crippen LogP contribution is -2.49. The van der Waals surface area contributed by atoms with Gasteiger partial charge in [-0.2, -0.15) is 0 Å². The first-order valence-electron chi connectivity index (χ1n) is 4.23. The molecule has 0 aliphatic carbocycles. The second-order valence-electron chi connectivity index (χ2n) is 2.97. The van der Waals surface area contributed by atoms with Crippen molar-refractivity contribution in [3.63, 3.8) is 0 Å². The van der Waals surface area contributed by atoms with E-state index in [0.29, 0.717) is 5.17 Å². The first-order chi connectivity index (χ1) is 8.41. The predicted molar refractivity (Wildman–Crippen MR) is 64.3 cm³/mol. The topological polar surface area (TPSA) is 67.9 Å². The fourth-order valence-corrected chi connectivity index (χ4v) is 2.16. The Kier molecular flexibility index (Phi) is 3.74. The quantitative estimate of drug-likeness (QED) is 0.484. The van der Waals surface area contributed by atoms with Crippen molar-refractivity contribution in [2.45, 2.75) is 0 Å². The number of hydrogen-bond acceptors (Lipinski definition) is 6. The molecule has 0 saturated carbocycles. The molecule has 0 spiro atoms. The highest BCUT2D eigenvalue weighted by Gasteiger charge is 2.32. The van der Waals surface area contributed by atoms with Gasteiger partial charge in [0.05, 0.1) is 20.1 Å². The molecular formula is C8H2Cl4N2O4. The van der Waals surface area contributed by atoms with Gasteiger partial charge in [-0.25, -0.2) is 9.59 Å². The van der Waals surface area contributed by atoms with Crippen LogP contribution in [0, 0.1) is 0 Å². The highest BCUT2D eigenvalue weighted by atomic mass is 35.5. The average Bonchev–Trinajstić information content (AvgIpc) is 2.31. The fourth-order valence-electron chi connectivity index (χ4n) is 1.10. The smallest absolute Gasteiger partial charge is 0.338 e. The van der Waals surface area contributed by atoms with Gasteiger partial charge < -0.3 is 9.68 Å². The third-order valence-corrected chi connectivity index (χ3v) is 3.40. The highest BCUT2D eigenvalue weighted by molar-refractivity contribution is 6.51. The van der Waals surface area contributed by atoms with Gasteiger partial charge in [-0.1, -0.05) is 51.6 Å². The predicted octanol–water partition coefficient (Wildman–Crippen LogP) is 2.54. The summed E-state index contributed by atoms with van der Waals surface area (Å²) in [5.74, 6) is -2.45. The van der Waals surface area contributed by atoms with Crippen LogP contribution in [0.4, 0.5) is 5.69 Å². The Morgan fingerprint density at radius 2 is 1.67 bits per heavy atom. The van der Waals surface area contributed by atoms with Crippen molar-refractivity contribution in [1.29, 1.82) is 0 Å². The minimum absolute atomic E-state index is 0.00693. The largest absolute Gasteiger partial charge is 0.444 e. The lowest BCUT2D eigenvalue weighted by atomic mass is 10.3. The summed E-state index contributed by atoms with van der Waals surface area (Å²) in [6, 6.07) is 1.29. The van der Waals surface area contributed by atoms with Crippen molar-refractivity contribution in [2.75, 3.05) is 5.17 Å². The van der Waals surface area contributed by atoms with Crippen molar-refractivity contribution in [1.82, 2.24) is 5.59 Å². The van der Waals surface area contributed by atoms with Gasteiger partial charge >= 0.3 is 11.9 Å². The number of carbonyl (C=O) groups excluding carboxylic acids is 2. The number of anilines is 1. The summed E-state index contributed by atoms with van der Waals surface area (Å²) in [5, 5.41) is 0.750. The van der Waals surface area contributed by atoms with Crippen LogP contribution < -0.4 is 10.8 Å². The Labute approximate surface area is 120 Å². The van der Waals surface area contributed by atoms with E-state index < -0.39 is 11.9 Å². The Bertz CT molecular complexity index is 550. The summed E-state index contributed by atoms with van der Waals surface area (Å²) in [4.78, 5) is 30.7. The number of benzene rings is 1. The molecule has 6 nitrogen and oxygen atoms in total. The van der Waals surface area contributed by atoms with Crippen molar-refractivity contribution >= 4 is 64.0 Å². The molecule has 1 aromatic rings. The van der Waals surface area contributed by atoms with E-state index in [4.69, 9.17) is 46.4 Å². The van der Waals surface area contributed by atoms with Crippen LogP contribution in [0.3, 0.4) is 0 Å². The van der Waals surface area contributed by atoms with E-state index in [1.165, 1.54) is 6.07 Å². The molecule has 1 heterocycles. The molecule has 0 unspecified atom stereocenters. The number of nitrogens with one attached hydrogen (secondary N) is 1. The second-order valence-corrected chi connectivity index (χ2v) is 4.54. The zero-order chi connectivity index (χ0) is 13.4.